The number of carboxylic acids is 1. The van der Waals surface area contributed by atoms with Crippen LogP contribution in [-0.2, 0) is 32.1 Å². The third kappa shape index (κ3) is 6.50. The molecule has 0 aromatic heterocycles. The van der Waals surface area contributed by atoms with Crippen molar-refractivity contribution in [2.45, 2.75) is 52.6 Å². The van der Waals surface area contributed by atoms with Gasteiger partial charge < -0.3 is 24.6 Å². The van der Waals surface area contributed by atoms with Crippen molar-refractivity contribution in [1.82, 2.24) is 0 Å². The van der Waals surface area contributed by atoms with E-state index in [1.807, 2.05) is 12.1 Å². The van der Waals surface area contributed by atoms with Crippen LogP contribution in [0.25, 0.3) is 0 Å². The minimum absolute atomic E-state index is 0.0120. The van der Waals surface area contributed by atoms with Crippen molar-refractivity contribution in [3.05, 3.63) is 64.2 Å². The Hall–Kier alpha value is -4.14. The second-order valence-electron chi connectivity index (χ2n) is 8.43. The first kappa shape index (κ1) is 26.5. The molecule has 9 heteroatoms. The molecule has 1 amide bonds. The van der Waals surface area contributed by atoms with E-state index < -0.39 is 17.9 Å². The number of amides is 1. The normalized spacial score (nSPS) is 12.5. The number of carbonyl (C=O) groups excluding carboxylic acids is 3. The predicted molar refractivity (Wildman–Crippen MR) is 131 cm³/mol. The molecule has 0 radical (unpaired) electrons. The van der Waals surface area contributed by atoms with E-state index in [-0.39, 0.29) is 49.5 Å². The number of esters is 2. The number of methoxy groups -OCH3 is 1. The van der Waals surface area contributed by atoms with Gasteiger partial charge in [0.1, 0.15) is 17.9 Å². The van der Waals surface area contributed by atoms with Gasteiger partial charge in [0.2, 0.25) is 5.91 Å². The molecule has 190 valence electrons. The maximum absolute atomic E-state index is 12.8. The Morgan fingerprint density at radius 2 is 1.81 bits per heavy atom. The molecule has 1 aliphatic heterocycles. The average Bonchev–Trinajstić information content (AvgIpc) is 3.24. The van der Waals surface area contributed by atoms with Gasteiger partial charge in [-0.05, 0) is 44.4 Å². The van der Waals surface area contributed by atoms with Crippen molar-refractivity contribution in [2.24, 2.45) is 0 Å². The smallest absolute Gasteiger partial charge is 0.342 e. The van der Waals surface area contributed by atoms with E-state index in [0.29, 0.717) is 34.5 Å². The van der Waals surface area contributed by atoms with Gasteiger partial charge in [-0.1, -0.05) is 29.8 Å². The summed E-state index contributed by atoms with van der Waals surface area (Å²) in [5.74, 6) is -2.03. The van der Waals surface area contributed by atoms with Crippen molar-refractivity contribution in [3.63, 3.8) is 0 Å². The molecule has 2 aromatic rings. The molecule has 0 spiro atoms. The number of para-hydroxylation sites is 1. The zero-order chi connectivity index (χ0) is 26.2. The molecular weight excluding hydrogens is 466 g/mol. The first-order valence-corrected chi connectivity index (χ1v) is 11.5. The molecule has 0 fully saturated rings. The van der Waals surface area contributed by atoms with Gasteiger partial charge in [-0.15, -0.1) is 0 Å². The second-order valence-corrected chi connectivity index (χ2v) is 8.43. The monoisotopic (exact) mass is 495 g/mol. The van der Waals surface area contributed by atoms with Crippen molar-refractivity contribution in [2.75, 3.05) is 12.4 Å². The van der Waals surface area contributed by atoms with Crippen LogP contribution in [0.5, 0.6) is 11.5 Å². The molecule has 1 heterocycles. The first-order chi connectivity index (χ1) is 17.2. The number of anilines is 1. The molecule has 3 rings (SSSR count). The Kier molecular flexibility index (Phi) is 8.83. The van der Waals surface area contributed by atoms with Crippen LogP contribution in [0.15, 0.2) is 42.0 Å². The Bertz CT molecular complexity index is 1200. The molecule has 0 bridgehead atoms. The highest BCUT2D eigenvalue weighted by atomic mass is 16.6. The van der Waals surface area contributed by atoms with E-state index in [1.165, 1.54) is 7.11 Å². The summed E-state index contributed by atoms with van der Waals surface area (Å²) >= 11 is 0. The van der Waals surface area contributed by atoms with Crippen LogP contribution in [0.4, 0.5) is 5.69 Å². The van der Waals surface area contributed by atoms with Crippen LogP contribution >= 0.6 is 0 Å². The number of carboxylic acid groups (broad SMARTS) is 1. The van der Waals surface area contributed by atoms with Gasteiger partial charge in [-0.2, -0.15) is 0 Å². The number of ether oxygens (including phenoxy) is 3. The average molecular weight is 496 g/mol. The molecule has 2 aromatic carbocycles. The fraction of sp³-hybridized carbons (Fsp3) is 0.333. The third-order valence-electron chi connectivity index (χ3n) is 5.84. The number of fused-ring (bicyclic) bond motifs is 1. The lowest BCUT2D eigenvalue weighted by molar-refractivity contribution is -0.137. The summed E-state index contributed by atoms with van der Waals surface area (Å²) in [5.41, 5.74) is 3.37. The largest absolute Gasteiger partial charge is 0.496 e. The van der Waals surface area contributed by atoms with Crippen molar-refractivity contribution in [1.29, 1.82) is 0 Å². The lowest BCUT2D eigenvalue weighted by Crippen LogP contribution is -2.18. The number of aliphatic carboxylic acids is 1. The predicted octanol–water partition coefficient (Wildman–Crippen LogP) is 4.35. The zero-order valence-electron chi connectivity index (χ0n) is 20.5. The van der Waals surface area contributed by atoms with Gasteiger partial charge in [0.25, 0.3) is 0 Å². The molecule has 0 aliphatic carbocycles. The van der Waals surface area contributed by atoms with E-state index in [0.717, 1.165) is 5.57 Å². The summed E-state index contributed by atoms with van der Waals surface area (Å²) in [5, 5.41) is 11.6. The van der Waals surface area contributed by atoms with E-state index in [9.17, 15) is 19.2 Å². The number of hydrogen-bond donors (Lipinski definition) is 2. The van der Waals surface area contributed by atoms with Crippen LogP contribution in [0.2, 0.25) is 0 Å². The number of hydrogen-bond acceptors (Lipinski definition) is 7. The maximum Gasteiger partial charge on any atom is 0.342 e. The molecule has 36 heavy (non-hydrogen) atoms. The zero-order valence-corrected chi connectivity index (χ0v) is 20.5. The van der Waals surface area contributed by atoms with Crippen LogP contribution in [0.3, 0.4) is 0 Å². The van der Waals surface area contributed by atoms with E-state index in [1.54, 1.807) is 38.1 Å². The molecule has 0 atom stereocenters. The summed E-state index contributed by atoms with van der Waals surface area (Å²) in [6.45, 7) is 3.64. The Morgan fingerprint density at radius 3 is 2.47 bits per heavy atom. The fourth-order valence-electron chi connectivity index (χ4n) is 3.93. The lowest BCUT2D eigenvalue weighted by Gasteiger charge is -2.19. The van der Waals surface area contributed by atoms with Gasteiger partial charge in [0.05, 0.1) is 13.5 Å². The Labute approximate surface area is 209 Å². The minimum Gasteiger partial charge on any atom is -0.496 e. The third-order valence-corrected chi connectivity index (χ3v) is 5.84. The second kappa shape index (κ2) is 12.0. The van der Waals surface area contributed by atoms with E-state index >= 15 is 0 Å². The molecular formula is C27H29NO8. The maximum atomic E-state index is 12.8. The number of cyclic esters (lactones) is 1. The number of nitrogens with one attached hydrogen (secondary N) is 1. The Balaban J connectivity index is 1.84. The molecule has 0 saturated carbocycles. The molecule has 2 N–H and O–H groups in total. The standard InChI is InChI=1S/C27H29NO8/c1-16(10-13-22(30)31)9-11-19-25(34-3)17(2)20-15-35-27(33)24(20)26(19)36-23(32)14-12-21(29)28-18-7-5-4-6-8-18/h4-9H,10-15H2,1-3H3,(H,28,29)(H,30,31)/b16-9+. The van der Waals surface area contributed by atoms with Gasteiger partial charge >= 0.3 is 17.9 Å². The lowest BCUT2D eigenvalue weighted by atomic mass is 9.94. The summed E-state index contributed by atoms with van der Waals surface area (Å²) in [6, 6.07) is 8.87. The summed E-state index contributed by atoms with van der Waals surface area (Å²) in [7, 11) is 1.48. The van der Waals surface area contributed by atoms with Crippen LogP contribution in [0.1, 0.15) is 59.7 Å². The molecule has 0 saturated heterocycles. The molecule has 0 unspecified atom stereocenters. The quantitative estimate of drug-likeness (QED) is 0.267. The van der Waals surface area contributed by atoms with Crippen LogP contribution in [-0.4, -0.2) is 36.0 Å². The first-order valence-electron chi connectivity index (χ1n) is 11.5. The SMILES string of the molecule is COc1c(C)c2c(c(OC(=O)CCC(=O)Nc3ccccc3)c1C/C=C(\C)CCC(=O)O)C(=O)OC2. The van der Waals surface area contributed by atoms with Gasteiger partial charge in [0, 0.05) is 29.7 Å². The van der Waals surface area contributed by atoms with E-state index in [2.05, 4.69) is 5.32 Å². The summed E-state index contributed by atoms with van der Waals surface area (Å²) < 4.78 is 16.5. The van der Waals surface area contributed by atoms with Crippen LogP contribution in [0, 0.1) is 6.92 Å². The Morgan fingerprint density at radius 1 is 1.08 bits per heavy atom. The highest BCUT2D eigenvalue weighted by Crippen LogP contribution is 2.43. The van der Waals surface area contributed by atoms with Gasteiger partial charge in [0.15, 0.2) is 5.75 Å². The van der Waals surface area contributed by atoms with Crippen molar-refractivity contribution in [3.8, 4) is 11.5 Å². The van der Waals surface area contributed by atoms with Gasteiger partial charge in [-0.3, -0.25) is 14.4 Å². The fourth-order valence-corrected chi connectivity index (χ4v) is 3.93. The summed E-state index contributed by atoms with van der Waals surface area (Å²) in [6.07, 6.45) is 2.10. The minimum atomic E-state index is -0.901. The van der Waals surface area contributed by atoms with Gasteiger partial charge in [-0.25, -0.2) is 4.79 Å². The van der Waals surface area contributed by atoms with Crippen molar-refractivity contribution < 1.29 is 38.5 Å². The molecule has 1 aliphatic rings. The van der Waals surface area contributed by atoms with Crippen molar-refractivity contribution >= 4 is 29.5 Å². The summed E-state index contributed by atoms with van der Waals surface area (Å²) in [4.78, 5) is 48.4. The highest BCUT2D eigenvalue weighted by molar-refractivity contribution is 5.99. The van der Waals surface area contributed by atoms with E-state index in [4.69, 9.17) is 19.3 Å². The number of rotatable bonds is 11. The van der Waals surface area contributed by atoms with Crippen LogP contribution < -0.4 is 14.8 Å². The molecule has 9 nitrogen and oxygen atoms in total. The highest BCUT2D eigenvalue weighted by Gasteiger charge is 2.34. The number of carbonyl (C=O) groups is 4. The number of allylic oxidation sites excluding steroid dienone is 2. The topological polar surface area (TPSA) is 128 Å². The number of benzene rings is 2.